The van der Waals surface area contributed by atoms with Gasteiger partial charge in [-0.1, -0.05) is 6.92 Å². The zero-order valence-corrected chi connectivity index (χ0v) is 12.7. The highest BCUT2D eigenvalue weighted by molar-refractivity contribution is 6.72. The van der Waals surface area contributed by atoms with Gasteiger partial charge in [0.15, 0.2) is 0 Å². The van der Waals surface area contributed by atoms with Crippen molar-refractivity contribution in [1.82, 2.24) is 0 Å². The van der Waals surface area contributed by atoms with Crippen molar-refractivity contribution in [3.63, 3.8) is 0 Å². The van der Waals surface area contributed by atoms with Gasteiger partial charge in [-0.15, -0.1) is 0 Å². The Labute approximate surface area is 105 Å². The third-order valence-electron chi connectivity index (χ3n) is 3.35. The van der Waals surface area contributed by atoms with Crippen LogP contribution in [0.1, 0.15) is 33.6 Å². The lowest BCUT2D eigenvalue weighted by Gasteiger charge is -2.23. The van der Waals surface area contributed by atoms with Crippen LogP contribution in [0.4, 0.5) is 0 Å². The second-order valence-electron chi connectivity index (χ2n) is 5.29. The molecule has 17 heavy (non-hydrogen) atoms. The van der Waals surface area contributed by atoms with E-state index < -0.39 is 13.7 Å². The maximum absolute atomic E-state index is 11.7. The summed E-state index contributed by atoms with van der Waals surface area (Å²) in [5.41, 5.74) is -0.404. The quantitative estimate of drug-likeness (QED) is 0.413. The summed E-state index contributed by atoms with van der Waals surface area (Å²) in [6, 6.07) is 0.805. The molecule has 1 N–H and O–H groups in total. The minimum atomic E-state index is -1.96. The van der Waals surface area contributed by atoms with Gasteiger partial charge in [0.1, 0.15) is 0 Å². The molecule has 0 amide bonds. The largest absolute Gasteiger partial charge is 0.465 e. The Morgan fingerprint density at radius 1 is 1.41 bits per heavy atom. The van der Waals surface area contributed by atoms with Crippen molar-refractivity contribution in [2.75, 3.05) is 19.9 Å². The van der Waals surface area contributed by atoms with Gasteiger partial charge in [-0.05, 0) is 39.3 Å². The highest BCUT2D eigenvalue weighted by atomic mass is 28.4. The van der Waals surface area contributed by atoms with Crippen molar-refractivity contribution in [1.29, 1.82) is 0 Å². The molecule has 102 valence electrons. The van der Waals surface area contributed by atoms with Crippen LogP contribution in [-0.4, -0.2) is 39.3 Å². The van der Waals surface area contributed by atoms with Gasteiger partial charge in [0, 0.05) is 7.11 Å². The molecule has 4 nitrogen and oxygen atoms in total. The molecule has 1 atom stereocenters. The molecule has 0 aromatic rings. The van der Waals surface area contributed by atoms with Gasteiger partial charge in [-0.25, -0.2) is 0 Å². The maximum Gasteiger partial charge on any atom is 0.311 e. The van der Waals surface area contributed by atoms with E-state index in [0.29, 0.717) is 6.61 Å². The SMILES string of the molecule is CCC(C)(C)C(=O)OCCC[Si](C)(CO)OC. The van der Waals surface area contributed by atoms with Gasteiger partial charge in [-0.2, -0.15) is 0 Å². The lowest BCUT2D eigenvalue weighted by molar-refractivity contribution is -0.154. The van der Waals surface area contributed by atoms with Crippen molar-refractivity contribution >= 4 is 14.3 Å². The highest BCUT2D eigenvalue weighted by Crippen LogP contribution is 2.22. The van der Waals surface area contributed by atoms with E-state index in [4.69, 9.17) is 9.16 Å². The molecule has 1 unspecified atom stereocenters. The van der Waals surface area contributed by atoms with Gasteiger partial charge < -0.3 is 14.3 Å². The fourth-order valence-corrected chi connectivity index (χ4v) is 2.58. The Hall–Kier alpha value is -0.393. The average Bonchev–Trinajstić information content (AvgIpc) is 2.33. The third-order valence-corrected chi connectivity index (χ3v) is 6.41. The van der Waals surface area contributed by atoms with Crippen molar-refractivity contribution in [3.8, 4) is 0 Å². The van der Waals surface area contributed by atoms with E-state index in [0.717, 1.165) is 18.9 Å². The third kappa shape index (κ3) is 5.65. The second-order valence-corrected chi connectivity index (χ2v) is 9.41. The summed E-state index contributed by atoms with van der Waals surface area (Å²) < 4.78 is 10.6. The molecule has 0 fully saturated rings. The monoisotopic (exact) mass is 262 g/mol. The number of aliphatic hydroxyl groups excluding tert-OH is 1. The molecule has 0 bridgehead atoms. The predicted molar refractivity (Wildman–Crippen MR) is 70.2 cm³/mol. The van der Waals surface area contributed by atoms with Crippen molar-refractivity contribution < 1.29 is 19.1 Å². The van der Waals surface area contributed by atoms with Crippen molar-refractivity contribution in [2.45, 2.75) is 46.2 Å². The van der Waals surface area contributed by atoms with Crippen LogP contribution < -0.4 is 0 Å². The fourth-order valence-electron chi connectivity index (χ4n) is 1.20. The summed E-state index contributed by atoms with van der Waals surface area (Å²) in [6.45, 7) is 8.13. The van der Waals surface area contributed by atoms with E-state index in [9.17, 15) is 9.90 Å². The molecular weight excluding hydrogens is 236 g/mol. The van der Waals surface area contributed by atoms with E-state index in [1.165, 1.54) is 0 Å². The van der Waals surface area contributed by atoms with Gasteiger partial charge in [-0.3, -0.25) is 4.79 Å². The zero-order valence-electron chi connectivity index (χ0n) is 11.7. The first-order valence-electron chi connectivity index (χ1n) is 6.14. The van der Waals surface area contributed by atoms with Crippen LogP contribution in [0.2, 0.25) is 12.6 Å². The van der Waals surface area contributed by atoms with Crippen LogP contribution in [0.15, 0.2) is 0 Å². The standard InChI is InChI=1S/C12H26O4Si/c1-6-12(2,3)11(14)16-8-7-9-17(5,10-13)15-4/h13H,6-10H2,1-5H3. The van der Waals surface area contributed by atoms with E-state index in [2.05, 4.69) is 0 Å². The first kappa shape index (κ1) is 16.6. The number of aliphatic hydroxyl groups is 1. The molecule has 0 spiro atoms. The number of esters is 1. The molecule has 0 aromatic carbocycles. The Morgan fingerprint density at radius 2 is 2.00 bits per heavy atom. The lowest BCUT2D eigenvalue weighted by atomic mass is 9.91. The Bertz CT molecular complexity index is 237. The highest BCUT2D eigenvalue weighted by Gasteiger charge is 2.28. The maximum atomic E-state index is 11.7. The molecule has 0 radical (unpaired) electrons. The summed E-state index contributed by atoms with van der Waals surface area (Å²) in [5, 5.41) is 9.19. The molecule has 0 rings (SSSR count). The number of carbonyl (C=O) groups excluding carboxylic acids is 1. The van der Waals surface area contributed by atoms with Crippen LogP contribution in [0.5, 0.6) is 0 Å². The van der Waals surface area contributed by atoms with E-state index >= 15 is 0 Å². The summed E-state index contributed by atoms with van der Waals surface area (Å²) >= 11 is 0. The van der Waals surface area contributed by atoms with Crippen LogP contribution in [-0.2, 0) is 14.0 Å². The Kier molecular flexibility index (Phi) is 6.97. The van der Waals surface area contributed by atoms with Crippen LogP contribution in [0.25, 0.3) is 0 Å². The number of carbonyl (C=O) groups is 1. The van der Waals surface area contributed by atoms with Gasteiger partial charge in [0.05, 0.1) is 18.3 Å². The summed E-state index contributed by atoms with van der Waals surface area (Å²) in [6.07, 6.45) is 1.63. The summed E-state index contributed by atoms with van der Waals surface area (Å²) in [4.78, 5) is 11.7. The number of hydrogen-bond acceptors (Lipinski definition) is 4. The van der Waals surface area contributed by atoms with Crippen LogP contribution in [0, 0.1) is 5.41 Å². The predicted octanol–water partition coefficient (Wildman–Crippen LogP) is 2.11. The fraction of sp³-hybridized carbons (Fsp3) is 0.917. The van der Waals surface area contributed by atoms with Crippen molar-refractivity contribution in [2.24, 2.45) is 5.41 Å². The van der Waals surface area contributed by atoms with E-state index in [1.54, 1.807) is 7.11 Å². The minimum Gasteiger partial charge on any atom is -0.465 e. The molecule has 0 heterocycles. The van der Waals surface area contributed by atoms with E-state index in [1.807, 2.05) is 27.3 Å². The number of ether oxygens (including phenoxy) is 1. The first-order valence-corrected chi connectivity index (χ1v) is 8.97. The van der Waals surface area contributed by atoms with Crippen LogP contribution in [0.3, 0.4) is 0 Å². The molecule has 0 aromatic heterocycles. The molecule has 0 aliphatic heterocycles. The number of hydrogen-bond donors (Lipinski definition) is 1. The zero-order chi connectivity index (χ0) is 13.5. The molecule has 0 saturated carbocycles. The second kappa shape index (κ2) is 7.13. The molecule has 0 aliphatic rings. The smallest absolute Gasteiger partial charge is 0.311 e. The molecule has 0 aliphatic carbocycles. The normalized spacial score (nSPS) is 15.4. The van der Waals surface area contributed by atoms with Crippen LogP contribution >= 0.6 is 0 Å². The summed E-state index contributed by atoms with van der Waals surface area (Å²) in [5.74, 6) is -0.148. The lowest BCUT2D eigenvalue weighted by Crippen LogP contribution is -2.38. The van der Waals surface area contributed by atoms with Gasteiger partial charge >= 0.3 is 5.97 Å². The Morgan fingerprint density at radius 3 is 2.41 bits per heavy atom. The first-order chi connectivity index (χ1) is 7.81. The topological polar surface area (TPSA) is 55.8 Å². The van der Waals surface area contributed by atoms with E-state index in [-0.39, 0.29) is 12.2 Å². The van der Waals surface area contributed by atoms with Crippen molar-refractivity contribution in [3.05, 3.63) is 0 Å². The van der Waals surface area contributed by atoms with Gasteiger partial charge in [0.25, 0.3) is 0 Å². The Balaban J connectivity index is 3.90. The summed E-state index contributed by atoms with van der Waals surface area (Å²) in [7, 11) is -0.326. The van der Waals surface area contributed by atoms with Gasteiger partial charge in [0.2, 0.25) is 8.32 Å². The minimum absolute atomic E-state index is 0.109. The molecule has 5 heteroatoms. The molecule has 0 saturated heterocycles. The molecular formula is C12H26O4Si. The average molecular weight is 262 g/mol. The number of rotatable bonds is 8.